The van der Waals surface area contributed by atoms with Crippen molar-refractivity contribution in [3.63, 3.8) is 0 Å². The topological polar surface area (TPSA) is 71.4 Å². The summed E-state index contributed by atoms with van der Waals surface area (Å²) >= 11 is 0. The lowest BCUT2D eigenvalue weighted by atomic mass is 10.1. The minimum absolute atomic E-state index is 0.139. The fourth-order valence-corrected chi connectivity index (χ4v) is 3.87. The highest BCUT2D eigenvalue weighted by Gasteiger charge is 2.20. The minimum Gasteiger partial charge on any atom is -0.376 e. The molecule has 1 atom stereocenters. The number of anilines is 1. The normalized spacial score (nSPS) is 16.8. The van der Waals surface area contributed by atoms with Gasteiger partial charge in [0, 0.05) is 24.9 Å². The average Bonchev–Trinajstić information content (AvgIpc) is 3.33. The number of rotatable bonds is 4. The second-order valence-electron chi connectivity index (χ2n) is 7.36. The Morgan fingerprint density at radius 1 is 1.29 bits per heavy atom. The Morgan fingerprint density at radius 3 is 3.07 bits per heavy atom. The van der Waals surface area contributed by atoms with E-state index in [1.807, 2.05) is 53.9 Å². The van der Waals surface area contributed by atoms with Crippen LogP contribution in [0.15, 0.2) is 53.5 Å². The van der Waals surface area contributed by atoms with Crippen LogP contribution in [0, 0.1) is 6.92 Å². The molecular weight excluding hydrogens is 352 g/mol. The molecule has 0 bridgehead atoms. The second kappa shape index (κ2) is 6.80. The van der Waals surface area contributed by atoms with E-state index in [4.69, 9.17) is 9.72 Å². The number of benzene rings is 1. The van der Waals surface area contributed by atoms with Crippen LogP contribution in [0.3, 0.4) is 0 Å². The summed E-state index contributed by atoms with van der Waals surface area (Å²) in [5, 5.41) is 4.48. The van der Waals surface area contributed by atoms with Gasteiger partial charge in [0.25, 0.3) is 5.56 Å². The van der Waals surface area contributed by atoms with Crippen molar-refractivity contribution in [2.45, 2.75) is 25.9 Å². The van der Waals surface area contributed by atoms with Gasteiger partial charge in [0.2, 0.25) is 0 Å². The van der Waals surface area contributed by atoms with Crippen molar-refractivity contribution in [3.8, 4) is 11.3 Å². The molecule has 3 aromatic heterocycles. The molecule has 0 unspecified atom stereocenters. The maximum atomic E-state index is 12.9. The Kier molecular flexibility index (Phi) is 4.13. The van der Waals surface area contributed by atoms with Crippen molar-refractivity contribution >= 4 is 22.4 Å². The number of aromatic amines is 1. The van der Waals surface area contributed by atoms with E-state index in [0.717, 1.165) is 47.4 Å². The minimum atomic E-state index is -0.139. The van der Waals surface area contributed by atoms with Crippen LogP contribution in [0.2, 0.25) is 0 Å². The number of pyridine rings is 2. The molecule has 1 fully saturated rings. The molecule has 1 aromatic carbocycles. The number of imidazole rings is 1. The maximum Gasteiger partial charge on any atom is 0.258 e. The van der Waals surface area contributed by atoms with Gasteiger partial charge < -0.3 is 15.0 Å². The van der Waals surface area contributed by atoms with E-state index in [9.17, 15) is 4.79 Å². The van der Waals surface area contributed by atoms with Crippen molar-refractivity contribution in [1.82, 2.24) is 14.4 Å². The quantitative estimate of drug-likeness (QED) is 0.571. The summed E-state index contributed by atoms with van der Waals surface area (Å²) in [5.41, 5.74) is 3.87. The van der Waals surface area contributed by atoms with E-state index in [1.165, 1.54) is 0 Å². The van der Waals surface area contributed by atoms with E-state index in [-0.39, 0.29) is 11.7 Å². The molecule has 1 saturated heterocycles. The van der Waals surface area contributed by atoms with Crippen molar-refractivity contribution in [3.05, 3.63) is 64.6 Å². The Labute approximate surface area is 162 Å². The van der Waals surface area contributed by atoms with Crippen LogP contribution < -0.4 is 10.9 Å². The van der Waals surface area contributed by atoms with Crippen LogP contribution >= 0.6 is 0 Å². The fourth-order valence-electron chi connectivity index (χ4n) is 3.87. The predicted octanol–water partition coefficient (Wildman–Crippen LogP) is 3.74. The SMILES string of the molecule is Cc1ccc2[nH]c(=O)c(-c3nc4ccccn4c3NC[C@@H]3CCCO3)cc2c1. The Hall–Kier alpha value is -3.12. The van der Waals surface area contributed by atoms with E-state index in [2.05, 4.69) is 16.4 Å². The standard InChI is InChI=1S/C22H22N4O2/c1-14-7-8-18-15(11-14)12-17(22(27)24-18)20-21(23-13-16-5-4-10-28-16)26-9-3-2-6-19(26)25-20/h2-3,6-9,11-12,16,23H,4-5,10,13H2,1H3,(H,24,27)/t16-/m0/s1. The summed E-state index contributed by atoms with van der Waals surface area (Å²) in [6, 6.07) is 13.8. The van der Waals surface area contributed by atoms with Gasteiger partial charge in [-0.3, -0.25) is 9.20 Å². The van der Waals surface area contributed by atoms with Gasteiger partial charge in [0.1, 0.15) is 17.2 Å². The molecule has 4 aromatic rings. The van der Waals surface area contributed by atoms with Gasteiger partial charge in [0.05, 0.1) is 11.7 Å². The molecule has 1 aliphatic heterocycles. The van der Waals surface area contributed by atoms with Crippen LogP contribution in [-0.4, -0.2) is 33.6 Å². The predicted molar refractivity (Wildman–Crippen MR) is 111 cm³/mol. The summed E-state index contributed by atoms with van der Waals surface area (Å²) in [7, 11) is 0. The highest BCUT2D eigenvalue weighted by Crippen LogP contribution is 2.29. The van der Waals surface area contributed by atoms with Gasteiger partial charge in [-0.15, -0.1) is 0 Å². The zero-order chi connectivity index (χ0) is 19.1. The smallest absolute Gasteiger partial charge is 0.258 e. The van der Waals surface area contributed by atoms with Crippen molar-refractivity contribution in [2.75, 3.05) is 18.5 Å². The molecule has 142 valence electrons. The summed E-state index contributed by atoms with van der Waals surface area (Å²) in [6.45, 7) is 3.56. The first-order valence-corrected chi connectivity index (χ1v) is 9.66. The molecule has 0 aliphatic carbocycles. The van der Waals surface area contributed by atoms with Crippen LogP contribution in [0.1, 0.15) is 18.4 Å². The van der Waals surface area contributed by atoms with Crippen molar-refractivity contribution in [2.24, 2.45) is 0 Å². The molecule has 4 heterocycles. The number of aryl methyl sites for hydroxylation is 1. The van der Waals surface area contributed by atoms with Gasteiger partial charge in [-0.2, -0.15) is 0 Å². The number of hydrogen-bond donors (Lipinski definition) is 2. The monoisotopic (exact) mass is 374 g/mol. The Balaban J connectivity index is 1.65. The summed E-state index contributed by atoms with van der Waals surface area (Å²) in [5.74, 6) is 0.823. The first-order valence-electron chi connectivity index (χ1n) is 9.66. The molecule has 0 radical (unpaired) electrons. The first-order chi connectivity index (χ1) is 13.7. The van der Waals surface area contributed by atoms with Gasteiger partial charge in [0.15, 0.2) is 0 Å². The Morgan fingerprint density at radius 2 is 2.21 bits per heavy atom. The van der Waals surface area contributed by atoms with E-state index in [0.29, 0.717) is 17.8 Å². The molecule has 0 amide bonds. The third-order valence-corrected chi connectivity index (χ3v) is 5.31. The molecule has 1 aliphatic rings. The zero-order valence-electron chi connectivity index (χ0n) is 15.7. The number of hydrogen-bond acceptors (Lipinski definition) is 4. The molecule has 0 saturated carbocycles. The van der Waals surface area contributed by atoms with Crippen molar-refractivity contribution in [1.29, 1.82) is 0 Å². The lowest BCUT2D eigenvalue weighted by Gasteiger charge is -2.13. The third-order valence-electron chi connectivity index (χ3n) is 5.31. The number of nitrogens with zero attached hydrogens (tertiary/aromatic N) is 2. The van der Waals surface area contributed by atoms with Crippen molar-refractivity contribution < 1.29 is 4.74 Å². The highest BCUT2D eigenvalue weighted by atomic mass is 16.5. The van der Waals surface area contributed by atoms with Gasteiger partial charge in [-0.25, -0.2) is 4.98 Å². The number of aromatic nitrogens is 3. The van der Waals surface area contributed by atoms with Crippen LogP contribution in [-0.2, 0) is 4.74 Å². The van der Waals surface area contributed by atoms with Crippen LogP contribution in [0.4, 0.5) is 5.82 Å². The van der Waals surface area contributed by atoms with Crippen LogP contribution in [0.5, 0.6) is 0 Å². The van der Waals surface area contributed by atoms with E-state index in [1.54, 1.807) is 0 Å². The molecule has 6 nitrogen and oxygen atoms in total. The lowest BCUT2D eigenvalue weighted by Crippen LogP contribution is -2.20. The summed E-state index contributed by atoms with van der Waals surface area (Å²) in [4.78, 5) is 20.6. The second-order valence-corrected chi connectivity index (χ2v) is 7.36. The molecule has 5 rings (SSSR count). The number of fused-ring (bicyclic) bond motifs is 2. The third kappa shape index (κ3) is 2.96. The molecule has 0 spiro atoms. The number of H-pyrrole nitrogens is 1. The highest BCUT2D eigenvalue weighted by molar-refractivity contribution is 5.86. The zero-order valence-corrected chi connectivity index (χ0v) is 15.7. The molecular formula is C22H22N4O2. The van der Waals surface area contributed by atoms with E-state index < -0.39 is 0 Å². The van der Waals surface area contributed by atoms with E-state index >= 15 is 0 Å². The lowest BCUT2D eigenvalue weighted by molar-refractivity contribution is 0.120. The first kappa shape index (κ1) is 17.0. The molecule has 6 heteroatoms. The summed E-state index contributed by atoms with van der Waals surface area (Å²) < 4.78 is 7.73. The van der Waals surface area contributed by atoms with Gasteiger partial charge in [-0.1, -0.05) is 17.7 Å². The Bertz CT molecular complexity index is 1220. The largest absolute Gasteiger partial charge is 0.376 e. The maximum absolute atomic E-state index is 12.9. The number of ether oxygens (including phenoxy) is 1. The fraction of sp³-hybridized carbons (Fsp3) is 0.273. The van der Waals surface area contributed by atoms with Crippen LogP contribution in [0.25, 0.3) is 27.8 Å². The van der Waals surface area contributed by atoms with Gasteiger partial charge >= 0.3 is 0 Å². The summed E-state index contributed by atoms with van der Waals surface area (Å²) in [6.07, 6.45) is 4.30. The number of nitrogens with one attached hydrogen (secondary N) is 2. The average molecular weight is 374 g/mol. The molecule has 28 heavy (non-hydrogen) atoms. The van der Waals surface area contributed by atoms with Gasteiger partial charge in [-0.05, 0) is 55.5 Å². The molecule has 2 N–H and O–H groups in total.